The summed E-state index contributed by atoms with van der Waals surface area (Å²) in [7, 11) is -0.522. The van der Waals surface area contributed by atoms with Gasteiger partial charge in [0.2, 0.25) is 17.7 Å². The molecule has 0 fully saturated rings. The molecular formula is C31H54N5O11P. The third kappa shape index (κ3) is 18.0. The van der Waals surface area contributed by atoms with Crippen molar-refractivity contribution in [3.8, 4) is 5.75 Å². The Bertz CT molecular complexity index is 1240. The highest BCUT2D eigenvalue weighted by Gasteiger charge is 2.33. The van der Waals surface area contributed by atoms with E-state index in [1.165, 1.54) is 59.3 Å². The third-order valence-electron chi connectivity index (χ3n) is 7.05. The van der Waals surface area contributed by atoms with Crippen molar-refractivity contribution in [3.63, 3.8) is 0 Å². The molecule has 8 N–H and O–H groups in total. The zero-order chi connectivity index (χ0) is 36.3. The van der Waals surface area contributed by atoms with Gasteiger partial charge in [0.1, 0.15) is 35.4 Å². The molecule has 1 aromatic rings. The monoisotopic (exact) mass is 703 g/mol. The number of rotatable bonds is 20. The summed E-state index contributed by atoms with van der Waals surface area (Å²) in [5.41, 5.74) is 5.11. The van der Waals surface area contributed by atoms with Crippen molar-refractivity contribution in [1.82, 2.24) is 21.3 Å². The van der Waals surface area contributed by atoms with Crippen LogP contribution in [0.1, 0.15) is 72.8 Å². The normalized spacial score (nSPS) is 13.8. The quantitative estimate of drug-likeness (QED) is 0.0738. The number of phosphoric acid groups is 1. The second kappa shape index (κ2) is 23.6. The Morgan fingerprint density at radius 2 is 1.27 bits per heavy atom. The minimum absolute atomic E-state index is 0. The maximum absolute atomic E-state index is 13.4. The number of nitrogens with two attached hydrogens (primary N) is 1. The number of methoxy groups -OCH3 is 1. The first-order valence-corrected chi connectivity index (χ1v) is 16.6. The third-order valence-corrected chi connectivity index (χ3v) is 7.50. The van der Waals surface area contributed by atoms with Crippen LogP contribution in [0.15, 0.2) is 24.3 Å². The number of hydrogen-bond acceptors (Lipinski definition) is 11. The molecule has 0 aliphatic heterocycles. The minimum Gasteiger partial charge on any atom is -0.467 e. The Hall–Kier alpha value is -3.69. The smallest absolute Gasteiger partial charge is 0.467 e. The van der Waals surface area contributed by atoms with Crippen molar-refractivity contribution in [2.24, 2.45) is 11.7 Å². The van der Waals surface area contributed by atoms with E-state index >= 15 is 0 Å². The number of ketones is 2. The summed E-state index contributed by atoms with van der Waals surface area (Å²) in [5, 5.41) is 10.6. The van der Waals surface area contributed by atoms with Crippen molar-refractivity contribution in [1.29, 1.82) is 0 Å². The number of amides is 3. The summed E-state index contributed by atoms with van der Waals surface area (Å²) >= 11 is 0. The number of benzene rings is 1. The highest BCUT2D eigenvalue weighted by Crippen LogP contribution is 2.37. The summed E-state index contributed by atoms with van der Waals surface area (Å²) in [5.74, 6) is -3.55. The van der Waals surface area contributed by atoms with E-state index in [4.69, 9.17) is 14.5 Å². The molecule has 16 nitrogen and oxygen atoms in total. The SMILES string of the molecule is C.CCC(C)[C@H](NC(=O)[C@H](CCC(C)=O)NC(=O)[C@H](CCC(C)=O)NC(=O)[C@H](Cc1ccc(OP(=O)(O)O)cc1)NC)C(=O)OC.CN. The van der Waals surface area contributed by atoms with Gasteiger partial charge in [-0.25, -0.2) is 9.36 Å². The first-order valence-electron chi connectivity index (χ1n) is 15.1. The van der Waals surface area contributed by atoms with Crippen LogP contribution in [0.3, 0.4) is 0 Å². The molecule has 0 aromatic heterocycles. The number of likely N-dealkylation sites (N-methyl/N-ethyl adjacent to an activating group) is 1. The highest BCUT2D eigenvalue weighted by atomic mass is 31.2. The van der Waals surface area contributed by atoms with Gasteiger partial charge in [-0.1, -0.05) is 39.8 Å². The number of Topliss-reactive ketones (excluding diaryl/α,β-unsaturated/α-hetero) is 2. The molecule has 0 bridgehead atoms. The molecule has 0 aliphatic rings. The lowest BCUT2D eigenvalue weighted by Gasteiger charge is -2.27. The fourth-order valence-corrected chi connectivity index (χ4v) is 4.61. The largest absolute Gasteiger partial charge is 0.524 e. The van der Waals surface area contributed by atoms with E-state index in [1.54, 1.807) is 6.92 Å². The Balaban J connectivity index is 0. The number of carbonyl (C=O) groups is 6. The van der Waals surface area contributed by atoms with Crippen LogP contribution in [0.25, 0.3) is 0 Å². The lowest BCUT2D eigenvalue weighted by atomic mass is 9.98. The maximum Gasteiger partial charge on any atom is 0.524 e. The molecule has 1 aromatic carbocycles. The molecule has 1 unspecified atom stereocenters. The molecule has 0 spiro atoms. The van der Waals surface area contributed by atoms with Crippen LogP contribution in [-0.2, 0) is 44.5 Å². The zero-order valence-electron chi connectivity index (χ0n) is 28.0. The van der Waals surface area contributed by atoms with Crippen LogP contribution in [-0.4, -0.2) is 90.4 Å². The van der Waals surface area contributed by atoms with E-state index in [-0.39, 0.29) is 62.8 Å². The summed E-state index contributed by atoms with van der Waals surface area (Å²) in [6.07, 6.45) is 0.419. The lowest BCUT2D eigenvalue weighted by molar-refractivity contribution is -0.147. The molecule has 0 saturated heterocycles. The first kappa shape index (κ1) is 46.4. The fourth-order valence-electron chi connectivity index (χ4n) is 4.21. The minimum atomic E-state index is -4.74. The van der Waals surface area contributed by atoms with E-state index in [0.717, 1.165) is 0 Å². The predicted octanol–water partition coefficient (Wildman–Crippen LogP) is 0.912. The fraction of sp³-hybridized carbons (Fsp3) is 0.613. The van der Waals surface area contributed by atoms with Gasteiger partial charge in [0, 0.05) is 12.8 Å². The predicted molar refractivity (Wildman–Crippen MR) is 180 cm³/mol. The molecule has 0 radical (unpaired) electrons. The van der Waals surface area contributed by atoms with E-state index in [0.29, 0.717) is 12.0 Å². The topological polar surface area (TPSA) is 253 Å². The van der Waals surface area contributed by atoms with Crippen LogP contribution >= 0.6 is 7.82 Å². The van der Waals surface area contributed by atoms with Crippen LogP contribution in [0.5, 0.6) is 5.75 Å². The summed E-state index contributed by atoms with van der Waals surface area (Å²) in [6, 6.07) is 1.38. The number of esters is 1. The van der Waals surface area contributed by atoms with Crippen LogP contribution in [0.2, 0.25) is 0 Å². The van der Waals surface area contributed by atoms with Crippen LogP contribution < -0.4 is 31.5 Å². The summed E-state index contributed by atoms with van der Waals surface area (Å²) in [4.78, 5) is 93.7. The average Bonchev–Trinajstić information content (AvgIpc) is 3.02. The summed E-state index contributed by atoms with van der Waals surface area (Å²) in [6.45, 7) is 6.25. The Morgan fingerprint density at radius 3 is 1.65 bits per heavy atom. The van der Waals surface area contributed by atoms with Gasteiger partial charge >= 0.3 is 13.8 Å². The molecule has 17 heteroatoms. The number of nitrogens with one attached hydrogen (secondary N) is 4. The van der Waals surface area contributed by atoms with Crippen LogP contribution in [0, 0.1) is 5.92 Å². The molecule has 3 amide bonds. The van der Waals surface area contributed by atoms with E-state index in [1.807, 2.05) is 6.92 Å². The van der Waals surface area contributed by atoms with Crippen molar-refractivity contribution in [3.05, 3.63) is 29.8 Å². The molecule has 0 aliphatic carbocycles. The van der Waals surface area contributed by atoms with Crippen molar-refractivity contribution in [2.45, 2.75) is 97.8 Å². The Kier molecular flexibility index (Phi) is 22.8. The number of hydrogen-bond donors (Lipinski definition) is 7. The average molecular weight is 704 g/mol. The maximum atomic E-state index is 13.4. The number of phosphoric ester groups is 1. The van der Waals surface area contributed by atoms with E-state index in [2.05, 4.69) is 31.5 Å². The van der Waals surface area contributed by atoms with Crippen LogP contribution in [0.4, 0.5) is 0 Å². The Labute approximate surface area is 282 Å². The summed E-state index contributed by atoms with van der Waals surface area (Å²) < 4.78 is 20.4. The highest BCUT2D eigenvalue weighted by molar-refractivity contribution is 7.46. The zero-order valence-corrected chi connectivity index (χ0v) is 28.9. The van der Waals surface area contributed by atoms with E-state index < -0.39 is 55.7 Å². The van der Waals surface area contributed by atoms with Gasteiger partial charge in [0.15, 0.2) is 0 Å². The van der Waals surface area contributed by atoms with Gasteiger partial charge in [0.25, 0.3) is 0 Å². The van der Waals surface area contributed by atoms with Gasteiger partial charge < -0.3 is 45.9 Å². The number of ether oxygens (including phenoxy) is 1. The van der Waals surface area contributed by atoms with Gasteiger partial charge in [-0.3, -0.25) is 24.2 Å². The van der Waals surface area contributed by atoms with Crippen molar-refractivity contribution in [2.75, 3.05) is 21.2 Å². The van der Waals surface area contributed by atoms with Gasteiger partial charge in [0.05, 0.1) is 13.2 Å². The first-order chi connectivity index (χ1) is 22.0. The Morgan fingerprint density at radius 1 is 0.833 bits per heavy atom. The molecular weight excluding hydrogens is 649 g/mol. The second-order valence-corrected chi connectivity index (χ2v) is 11.9. The van der Waals surface area contributed by atoms with E-state index in [9.17, 15) is 33.3 Å². The molecule has 0 saturated carbocycles. The van der Waals surface area contributed by atoms with Gasteiger partial charge in [-0.2, -0.15) is 0 Å². The second-order valence-electron chi connectivity index (χ2n) is 10.8. The molecule has 0 heterocycles. The standard InChI is InChI=1S/C29H45N4O11P.CH5N.CH4/c1-7-17(2)25(29(39)43-6)33-27(37)23(15-9-19(4)35)31-26(36)22(14-8-18(3)34)32-28(38)24(30-5)16-20-10-12-21(13-11-20)44-45(40,41)42;1-2;/h10-13,17,22-25,30H,7-9,14-16H2,1-6H3,(H,31,36)(H,32,38)(H,33,37)(H2,40,41,42);2H2,1H3;1H4/t17?,22-,23-,24-,25-;;/m0../s1. The van der Waals surface area contributed by atoms with Gasteiger partial charge in [-0.05, 0) is 70.8 Å². The molecule has 1 rings (SSSR count). The van der Waals surface area contributed by atoms with Crippen molar-refractivity contribution >= 4 is 43.1 Å². The molecule has 274 valence electrons. The molecule has 5 atom stereocenters. The van der Waals surface area contributed by atoms with Crippen molar-refractivity contribution < 1.29 is 52.4 Å². The molecule has 48 heavy (non-hydrogen) atoms. The lowest BCUT2D eigenvalue weighted by Crippen LogP contribution is -2.58. The van der Waals surface area contributed by atoms with Gasteiger partial charge in [-0.15, -0.1) is 0 Å². The number of carbonyl (C=O) groups excluding carboxylic acids is 6.